The largest absolute Gasteiger partial charge is 0.386 e. The Morgan fingerprint density at radius 2 is 2.27 bits per heavy atom. The Balaban J connectivity index is 1.64. The fourth-order valence-corrected chi connectivity index (χ4v) is 3.33. The van der Waals surface area contributed by atoms with Gasteiger partial charge in [-0.05, 0) is 24.1 Å². The van der Waals surface area contributed by atoms with Crippen molar-refractivity contribution in [1.82, 2.24) is 14.9 Å². The van der Waals surface area contributed by atoms with Gasteiger partial charge in [0.25, 0.3) is 5.91 Å². The average molecular weight is 356 g/mol. The van der Waals surface area contributed by atoms with Gasteiger partial charge in [-0.15, -0.1) is 0 Å². The lowest BCUT2D eigenvalue weighted by Crippen LogP contribution is -2.46. The highest BCUT2D eigenvalue weighted by Crippen LogP contribution is 2.26. The maximum Gasteiger partial charge on any atom is 0.253 e. The van der Waals surface area contributed by atoms with Gasteiger partial charge in [0.15, 0.2) is 0 Å². The molecule has 0 bridgehead atoms. The smallest absolute Gasteiger partial charge is 0.253 e. The van der Waals surface area contributed by atoms with Gasteiger partial charge >= 0.3 is 0 Å². The van der Waals surface area contributed by atoms with E-state index < -0.39 is 5.60 Å². The van der Waals surface area contributed by atoms with Crippen LogP contribution in [0.2, 0.25) is 0 Å². The van der Waals surface area contributed by atoms with Crippen LogP contribution in [0.4, 0.5) is 5.82 Å². The summed E-state index contributed by atoms with van der Waals surface area (Å²) in [6, 6.07) is 7.37. The maximum atomic E-state index is 12.7. The molecule has 7 heteroatoms. The molecule has 1 N–H and O–H groups in total. The Labute approximate surface area is 153 Å². The van der Waals surface area contributed by atoms with E-state index in [9.17, 15) is 9.90 Å². The van der Waals surface area contributed by atoms with Crippen LogP contribution in [0.25, 0.3) is 0 Å². The minimum absolute atomic E-state index is 0.116. The second-order valence-electron chi connectivity index (χ2n) is 6.75. The van der Waals surface area contributed by atoms with E-state index in [1.807, 2.05) is 23.1 Å². The van der Waals surface area contributed by atoms with E-state index in [0.717, 1.165) is 11.4 Å². The van der Waals surface area contributed by atoms with Gasteiger partial charge in [0.1, 0.15) is 11.4 Å². The zero-order valence-electron chi connectivity index (χ0n) is 15.1. The normalized spacial score (nSPS) is 19.6. The van der Waals surface area contributed by atoms with Crippen molar-refractivity contribution in [1.29, 1.82) is 0 Å². The number of anilines is 1. The molecule has 1 fully saturated rings. The highest BCUT2D eigenvalue weighted by Gasteiger charge is 2.38. The molecule has 1 aliphatic rings. The monoisotopic (exact) mass is 356 g/mol. The first-order chi connectivity index (χ1) is 12.5. The lowest BCUT2D eigenvalue weighted by atomic mass is 10.0. The first-order valence-corrected chi connectivity index (χ1v) is 8.57. The van der Waals surface area contributed by atoms with E-state index in [1.54, 1.807) is 43.7 Å². The third-order valence-electron chi connectivity index (χ3n) is 4.57. The SMILES string of the molecule is COCc1cccc(C(=O)N(C)C[C@@]2(O)CCN(c3cnccn3)C2)c1. The number of carbonyl (C=O) groups is 1. The third kappa shape index (κ3) is 4.17. The van der Waals surface area contributed by atoms with Gasteiger partial charge in [-0.3, -0.25) is 9.78 Å². The van der Waals surface area contributed by atoms with Gasteiger partial charge in [-0.25, -0.2) is 4.98 Å². The number of ether oxygens (including phenoxy) is 1. The minimum atomic E-state index is -0.966. The second kappa shape index (κ2) is 7.80. The Kier molecular flexibility index (Phi) is 5.49. The fraction of sp³-hybridized carbons (Fsp3) is 0.421. The van der Waals surface area contributed by atoms with E-state index in [2.05, 4.69) is 9.97 Å². The van der Waals surface area contributed by atoms with Crippen LogP contribution in [0.15, 0.2) is 42.9 Å². The number of rotatable bonds is 6. The zero-order valence-corrected chi connectivity index (χ0v) is 15.1. The molecule has 1 amide bonds. The van der Waals surface area contributed by atoms with Crippen LogP contribution in [-0.2, 0) is 11.3 Å². The molecule has 0 spiro atoms. The summed E-state index contributed by atoms with van der Waals surface area (Å²) in [6.07, 6.45) is 5.51. The van der Waals surface area contributed by atoms with Crippen molar-refractivity contribution in [3.05, 3.63) is 54.0 Å². The lowest BCUT2D eigenvalue weighted by molar-refractivity contribution is 0.0264. The molecule has 0 saturated carbocycles. The van der Waals surface area contributed by atoms with Gasteiger partial charge in [-0.2, -0.15) is 0 Å². The molecular weight excluding hydrogens is 332 g/mol. The number of β-amino-alcohol motifs (C(OH)–C–C–N with tert-alkyl or cyclic N) is 1. The summed E-state index contributed by atoms with van der Waals surface area (Å²) in [5.41, 5.74) is 0.570. The summed E-state index contributed by atoms with van der Waals surface area (Å²) in [5.74, 6) is 0.624. The number of likely N-dealkylation sites (N-methyl/N-ethyl adjacent to an activating group) is 1. The molecule has 1 aromatic carbocycles. The first kappa shape index (κ1) is 18.3. The number of amides is 1. The van der Waals surface area contributed by atoms with Crippen molar-refractivity contribution < 1.29 is 14.6 Å². The van der Waals surface area contributed by atoms with Crippen LogP contribution in [0, 0.1) is 0 Å². The molecule has 3 rings (SSSR count). The summed E-state index contributed by atoms with van der Waals surface area (Å²) in [7, 11) is 3.34. The van der Waals surface area contributed by atoms with Crippen LogP contribution in [0.3, 0.4) is 0 Å². The molecule has 2 heterocycles. The molecule has 7 nitrogen and oxygen atoms in total. The zero-order chi connectivity index (χ0) is 18.6. The molecule has 138 valence electrons. The van der Waals surface area contributed by atoms with Crippen LogP contribution < -0.4 is 4.90 Å². The van der Waals surface area contributed by atoms with Gasteiger partial charge in [-0.1, -0.05) is 12.1 Å². The number of carbonyl (C=O) groups excluding carboxylic acids is 1. The maximum absolute atomic E-state index is 12.7. The van der Waals surface area contributed by atoms with Crippen molar-refractivity contribution in [2.45, 2.75) is 18.6 Å². The van der Waals surface area contributed by atoms with E-state index >= 15 is 0 Å². The summed E-state index contributed by atoms with van der Waals surface area (Å²) < 4.78 is 5.12. The molecular formula is C19H24N4O3. The number of methoxy groups -OCH3 is 1. The summed E-state index contributed by atoms with van der Waals surface area (Å²) in [5, 5.41) is 10.9. The van der Waals surface area contributed by atoms with Gasteiger partial charge < -0.3 is 19.6 Å². The van der Waals surface area contributed by atoms with Crippen molar-refractivity contribution in [2.75, 3.05) is 38.7 Å². The molecule has 1 aromatic heterocycles. The molecule has 0 unspecified atom stereocenters. The number of hydrogen-bond donors (Lipinski definition) is 1. The van der Waals surface area contributed by atoms with Crippen LogP contribution in [-0.4, -0.2) is 65.3 Å². The van der Waals surface area contributed by atoms with Crippen LogP contribution >= 0.6 is 0 Å². The van der Waals surface area contributed by atoms with Crippen molar-refractivity contribution in [3.63, 3.8) is 0 Å². The molecule has 0 radical (unpaired) electrons. The van der Waals surface area contributed by atoms with Gasteiger partial charge in [0, 0.05) is 45.2 Å². The van der Waals surface area contributed by atoms with E-state index in [4.69, 9.17) is 4.74 Å². The van der Waals surface area contributed by atoms with Crippen LogP contribution in [0.5, 0.6) is 0 Å². The quantitative estimate of drug-likeness (QED) is 0.841. The van der Waals surface area contributed by atoms with E-state index in [1.165, 1.54) is 0 Å². The summed E-state index contributed by atoms with van der Waals surface area (Å²) in [4.78, 5) is 24.6. The molecule has 0 aliphatic carbocycles. The van der Waals surface area contributed by atoms with Crippen LogP contribution in [0.1, 0.15) is 22.3 Å². The number of nitrogens with zero attached hydrogens (tertiary/aromatic N) is 4. The molecule has 1 aliphatic heterocycles. The Morgan fingerprint density at radius 1 is 1.42 bits per heavy atom. The Morgan fingerprint density at radius 3 is 3.00 bits per heavy atom. The number of aliphatic hydroxyl groups is 1. The van der Waals surface area contributed by atoms with Crippen molar-refractivity contribution in [3.8, 4) is 0 Å². The minimum Gasteiger partial charge on any atom is -0.386 e. The molecule has 2 aromatic rings. The summed E-state index contributed by atoms with van der Waals surface area (Å²) >= 11 is 0. The summed E-state index contributed by atoms with van der Waals surface area (Å²) in [6.45, 7) is 1.83. The Bertz CT molecular complexity index is 755. The molecule has 1 atom stereocenters. The highest BCUT2D eigenvalue weighted by molar-refractivity contribution is 5.94. The number of aromatic nitrogens is 2. The van der Waals surface area contributed by atoms with Gasteiger partial charge in [0.05, 0.1) is 19.3 Å². The van der Waals surface area contributed by atoms with Gasteiger partial charge in [0.2, 0.25) is 0 Å². The topological polar surface area (TPSA) is 78.8 Å². The molecule has 1 saturated heterocycles. The Hall–Kier alpha value is -2.51. The highest BCUT2D eigenvalue weighted by atomic mass is 16.5. The predicted octanol–water partition coefficient (Wildman–Crippen LogP) is 1.34. The lowest BCUT2D eigenvalue weighted by Gasteiger charge is -2.29. The third-order valence-corrected chi connectivity index (χ3v) is 4.57. The van der Waals surface area contributed by atoms with E-state index in [-0.39, 0.29) is 12.5 Å². The predicted molar refractivity (Wildman–Crippen MR) is 97.9 cm³/mol. The van der Waals surface area contributed by atoms with Crippen molar-refractivity contribution in [2.24, 2.45) is 0 Å². The first-order valence-electron chi connectivity index (χ1n) is 8.57. The standard InChI is InChI=1S/C19H24N4O3/c1-22(18(24)16-5-3-4-15(10-16)12-26-2)13-19(25)6-9-23(14-19)17-11-20-7-8-21-17/h3-5,7-8,10-11,25H,6,9,12-14H2,1-2H3/t19-/m0/s1. The average Bonchev–Trinajstić information content (AvgIpc) is 3.04. The van der Waals surface area contributed by atoms with E-state index in [0.29, 0.717) is 31.7 Å². The number of hydrogen-bond acceptors (Lipinski definition) is 6. The molecule has 26 heavy (non-hydrogen) atoms. The second-order valence-corrected chi connectivity index (χ2v) is 6.75. The fourth-order valence-electron chi connectivity index (χ4n) is 3.33. The number of benzene rings is 1. The van der Waals surface area contributed by atoms with Crippen molar-refractivity contribution >= 4 is 11.7 Å².